The molecular formula is C11H11BrN4. The summed E-state index contributed by atoms with van der Waals surface area (Å²) in [5, 5.41) is 3.13. The molecule has 16 heavy (non-hydrogen) atoms. The maximum atomic E-state index is 5.51. The second kappa shape index (κ2) is 4.49. The molecule has 0 spiro atoms. The van der Waals surface area contributed by atoms with E-state index in [0.29, 0.717) is 11.6 Å². The lowest BCUT2D eigenvalue weighted by atomic mass is 10.2. The maximum absolute atomic E-state index is 5.51. The predicted molar refractivity (Wildman–Crippen MR) is 68.6 cm³/mol. The monoisotopic (exact) mass is 278 g/mol. The van der Waals surface area contributed by atoms with E-state index in [1.165, 1.54) is 0 Å². The first-order valence-electron chi connectivity index (χ1n) is 4.76. The summed E-state index contributed by atoms with van der Waals surface area (Å²) in [5.74, 6) is 0.537. The molecule has 0 saturated carbocycles. The number of hydrogen-bond donors (Lipinski definition) is 2. The highest BCUT2D eigenvalue weighted by atomic mass is 79.9. The van der Waals surface area contributed by atoms with Crippen LogP contribution in [0.2, 0.25) is 0 Å². The minimum atomic E-state index is 0.537. The van der Waals surface area contributed by atoms with E-state index in [-0.39, 0.29) is 0 Å². The summed E-state index contributed by atoms with van der Waals surface area (Å²) in [6.45, 7) is 2.02. The number of nitrogens with zero attached hydrogens (tertiary/aromatic N) is 2. The van der Waals surface area contributed by atoms with Gasteiger partial charge < -0.3 is 11.1 Å². The van der Waals surface area contributed by atoms with Crippen molar-refractivity contribution in [2.75, 3.05) is 11.1 Å². The number of halogens is 1. The Bertz CT molecular complexity index is 496. The lowest BCUT2D eigenvalue weighted by molar-refractivity contribution is 1.17. The fraction of sp³-hybridized carbons (Fsp3) is 0.0909. The van der Waals surface area contributed by atoms with Gasteiger partial charge in [0.15, 0.2) is 0 Å². The molecule has 5 heteroatoms. The Kier molecular flexibility index (Phi) is 3.05. The van der Waals surface area contributed by atoms with Gasteiger partial charge in [-0.15, -0.1) is 0 Å². The molecule has 1 heterocycles. The van der Waals surface area contributed by atoms with Crippen LogP contribution in [-0.2, 0) is 0 Å². The standard InChI is InChI=1S/C11H11BrN4/c1-7-9(12)3-2-4-10(7)16-11-14-5-8(13)6-15-11/h2-6H,13H2,1H3,(H,14,15,16). The molecule has 0 amide bonds. The Morgan fingerprint density at radius 2 is 1.94 bits per heavy atom. The zero-order chi connectivity index (χ0) is 11.5. The highest BCUT2D eigenvalue weighted by molar-refractivity contribution is 9.10. The molecule has 0 radical (unpaired) electrons. The average molecular weight is 279 g/mol. The molecule has 0 aliphatic carbocycles. The molecule has 0 fully saturated rings. The van der Waals surface area contributed by atoms with Crippen LogP contribution in [0.25, 0.3) is 0 Å². The minimum absolute atomic E-state index is 0.537. The first-order valence-corrected chi connectivity index (χ1v) is 5.56. The largest absolute Gasteiger partial charge is 0.396 e. The highest BCUT2D eigenvalue weighted by Gasteiger charge is 2.03. The number of aromatic nitrogens is 2. The smallest absolute Gasteiger partial charge is 0.227 e. The van der Waals surface area contributed by atoms with Gasteiger partial charge in [-0.25, -0.2) is 9.97 Å². The molecule has 0 unspecified atom stereocenters. The molecule has 2 aromatic rings. The molecule has 0 saturated heterocycles. The average Bonchev–Trinajstić information content (AvgIpc) is 2.28. The van der Waals surface area contributed by atoms with Crippen LogP contribution in [-0.4, -0.2) is 9.97 Å². The van der Waals surface area contributed by atoms with Gasteiger partial charge >= 0.3 is 0 Å². The van der Waals surface area contributed by atoms with Crippen molar-refractivity contribution in [3.63, 3.8) is 0 Å². The van der Waals surface area contributed by atoms with Crippen LogP contribution < -0.4 is 11.1 Å². The van der Waals surface area contributed by atoms with Gasteiger partial charge in [-0.05, 0) is 24.6 Å². The van der Waals surface area contributed by atoms with Crippen molar-refractivity contribution < 1.29 is 0 Å². The van der Waals surface area contributed by atoms with Crippen LogP contribution in [0, 0.1) is 6.92 Å². The summed E-state index contributed by atoms with van der Waals surface area (Å²) < 4.78 is 1.05. The highest BCUT2D eigenvalue weighted by Crippen LogP contribution is 2.25. The number of hydrogen-bond acceptors (Lipinski definition) is 4. The van der Waals surface area contributed by atoms with Gasteiger partial charge in [0.05, 0.1) is 18.1 Å². The van der Waals surface area contributed by atoms with Gasteiger partial charge in [-0.2, -0.15) is 0 Å². The van der Waals surface area contributed by atoms with E-state index < -0.39 is 0 Å². The van der Waals surface area contributed by atoms with Gasteiger partial charge in [-0.3, -0.25) is 0 Å². The summed E-state index contributed by atoms with van der Waals surface area (Å²) in [6, 6.07) is 5.92. The third-order valence-corrected chi connectivity index (χ3v) is 3.05. The number of anilines is 3. The van der Waals surface area contributed by atoms with E-state index in [4.69, 9.17) is 5.73 Å². The molecule has 82 valence electrons. The van der Waals surface area contributed by atoms with Gasteiger partial charge in [0.2, 0.25) is 5.95 Å². The van der Waals surface area contributed by atoms with E-state index >= 15 is 0 Å². The zero-order valence-electron chi connectivity index (χ0n) is 8.74. The Hall–Kier alpha value is -1.62. The first kappa shape index (κ1) is 10.9. The SMILES string of the molecule is Cc1c(Br)cccc1Nc1ncc(N)cn1. The van der Waals surface area contributed by atoms with Crippen LogP contribution in [0.15, 0.2) is 35.1 Å². The summed E-state index contributed by atoms with van der Waals surface area (Å²) in [5.41, 5.74) is 8.15. The number of benzene rings is 1. The van der Waals surface area contributed by atoms with Crippen molar-refractivity contribution >= 4 is 33.3 Å². The van der Waals surface area contributed by atoms with Crippen LogP contribution in [0.3, 0.4) is 0 Å². The van der Waals surface area contributed by atoms with Gasteiger partial charge in [0.25, 0.3) is 0 Å². The summed E-state index contributed by atoms with van der Waals surface area (Å²) in [7, 11) is 0. The van der Waals surface area contributed by atoms with E-state index in [1.807, 2.05) is 25.1 Å². The fourth-order valence-corrected chi connectivity index (χ4v) is 1.63. The third kappa shape index (κ3) is 2.30. The van der Waals surface area contributed by atoms with E-state index in [2.05, 4.69) is 31.2 Å². The molecule has 0 aliphatic rings. The van der Waals surface area contributed by atoms with Crippen LogP contribution in [0.1, 0.15) is 5.56 Å². The Morgan fingerprint density at radius 3 is 2.62 bits per heavy atom. The van der Waals surface area contributed by atoms with Crippen LogP contribution in [0.5, 0.6) is 0 Å². The number of nitrogen functional groups attached to an aromatic ring is 1. The molecule has 0 aliphatic heterocycles. The lowest BCUT2D eigenvalue weighted by Gasteiger charge is -2.08. The quantitative estimate of drug-likeness (QED) is 0.887. The first-order chi connectivity index (χ1) is 7.66. The lowest BCUT2D eigenvalue weighted by Crippen LogP contribution is -1.99. The second-order valence-corrected chi connectivity index (χ2v) is 4.23. The molecule has 0 bridgehead atoms. The molecule has 1 aromatic heterocycles. The van der Waals surface area contributed by atoms with Crippen molar-refractivity contribution in [3.8, 4) is 0 Å². The number of rotatable bonds is 2. The molecule has 2 rings (SSSR count). The van der Waals surface area contributed by atoms with Crippen molar-refractivity contribution in [1.29, 1.82) is 0 Å². The van der Waals surface area contributed by atoms with Crippen LogP contribution >= 0.6 is 15.9 Å². The topological polar surface area (TPSA) is 63.8 Å². The Labute approximate surface area is 102 Å². The van der Waals surface area contributed by atoms with Crippen molar-refractivity contribution in [2.24, 2.45) is 0 Å². The van der Waals surface area contributed by atoms with Crippen LogP contribution in [0.4, 0.5) is 17.3 Å². The molecule has 3 N–H and O–H groups in total. The Balaban J connectivity index is 2.27. The predicted octanol–water partition coefficient (Wildman–Crippen LogP) is 2.87. The molecule has 0 atom stereocenters. The van der Waals surface area contributed by atoms with E-state index in [1.54, 1.807) is 12.4 Å². The normalized spacial score (nSPS) is 10.1. The van der Waals surface area contributed by atoms with Gasteiger partial charge in [0, 0.05) is 10.2 Å². The maximum Gasteiger partial charge on any atom is 0.227 e. The third-order valence-electron chi connectivity index (χ3n) is 2.19. The van der Waals surface area contributed by atoms with E-state index in [9.17, 15) is 0 Å². The van der Waals surface area contributed by atoms with Crippen molar-refractivity contribution in [3.05, 3.63) is 40.6 Å². The summed E-state index contributed by atoms with van der Waals surface area (Å²) in [6.07, 6.45) is 3.14. The minimum Gasteiger partial charge on any atom is -0.396 e. The molecule has 4 nitrogen and oxygen atoms in total. The molecule has 1 aromatic carbocycles. The van der Waals surface area contributed by atoms with Crippen molar-refractivity contribution in [1.82, 2.24) is 9.97 Å². The molecular weight excluding hydrogens is 268 g/mol. The fourth-order valence-electron chi connectivity index (χ4n) is 1.27. The van der Waals surface area contributed by atoms with Gasteiger partial charge in [-0.1, -0.05) is 22.0 Å². The van der Waals surface area contributed by atoms with Crippen molar-refractivity contribution in [2.45, 2.75) is 6.92 Å². The van der Waals surface area contributed by atoms with E-state index in [0.717, 1.165) is 15.7 Å². The number of nitrogens with one attached hydrogen (secondary N) is 1. The second-order valence-electron chi connectivity index (χ2n) is 3.38. The van der Waals surface area contributed by atoms with Gasteiger partial charge in [0.1, 0.15) is 0 Å². The Morgan fingerprint density at radius 1 is 1.25 bits per heavy atom. The summed E-state index contributed by atoms with van der Waals surface area (Å²) in [4.78, 5) is 8.16. The number of nitrogens with two attached hydrogens (primary N) is 1. The zero-order valence-corrected chi connectivity index (χ0v) is 10.3. The summed E-state index contributed by atoms with van der Waals surface area (Å²) >= 11 is 3.47.